The molecule has 2 atom stereocenters. The number of nitrogens with zero attached hydrogens (tertiary/aromatic N) is 1. The molecule has 0 spiro atoms. The van der Waals surface area contributed by atoms with Gasteiger partial charge in [-0.15, -0.1) is 11.8 Å². The smallest absolute Gasteiger partial charge is 0.0962 e. The van der Waals surface area contributed by atoms with E-state index >= 15 is 0 Å². The highest BCUT2D eigenvalue weighted by Crippen LogP contribution is 2.27. The fraction of sp³-hybridized carbons (Fsp3) is 0.643. The summed E-state index contributed by atoms with van der Waals surface area (Å²) in [5, 5.41) is 14.4. The Kier molecular flexibility index (Phi) is 6.12. The zero-order valence-electron chi connectivity index (χ0n) is 11.7. The van der Waals surface area contributed by atoms with Crippen molar-refractivity contribution in [2.75, 3.05) is 6.61 Å². The molecule has 1 heterocycles. The predicted octanol–water partition coefficient (Wildman–Crippen LogP) is 2.70. The molecule has 0 bridgehead atoms. The van der Waals surface area contributed by atoms with Gasteiger partial charge in [-0.2, -0.15) is 0 Å². The third-order valence-electron chi connectivity index (χ3n) is 2.68. The first-order valence-corrected chi connectivity index (χ1v) is 7.29. The number of pyridine rings is 1. The Balaban J connectivity index is 2.54. The molecule has 18 heavy (non-hydrogen) atoms. The first kappa shape index (κ1) is 15.5. The van der Waals surface area contributed by atoms with Crippen LogP contribution in [0.25, 0.3) is 0 Å². The lowest BCUT2D eigenvalue weighted by molar-refractivity contribution is 0.157. The molecule has 0 aliphatic heterocycles. The van der Waals surface area contributed by atoms with Crippen LogP contribution in [-0.2, 0) is 0 Å². The second kappa shape index (κ2) is 7.12. The second-order valence-electron chi connectivity index (χ2n) is 5.32. The van der Waals surface area contributed by atoms with Gasteiger partial charge in [-0.3, -0.25) is 0 Å². The van der Waals surface area contributed by atoms with E-state index in [0.29, 0.717) is 11.3 Å². The third kappa shape index (κ3) is 5.38. The van der Waals surface area contributed by atoms with E-state index in [1.807, 2.05) is 24.4 Å². The van der Waals surface area contributed by atoms with Gasteiger partial charge in [0.25, 0.3) is 0 Å². The van der Waals surface area contributed by atoms with Crippen molar-refractivity contribution in [1.29, 1.82) is 0 Å². The molecule has 3 nitrogen and oxygen atoms in total. The minimum Gasteiger partial charge on any atom is -0.394 e. The molecule has 0 aromatic carbocycles. The maximum Gasteiger partial charge on any atom is 0.0962 e. The fourth-order valence-corrected chi connectivity index (χ4v) is 3.31. The van der Waals surface area contributed by atoms with Gasteiger partial charge in [0.2, 0.25) is 0 Å². The van der Waals surface area contributed by atoms with E-state index in [2.05, 4.69) is 38.0 Å². The number of thioether (sulfide) groups is 1. The first-order valence-electron chi connectivity index (χ1n) is 6.41. The Labute approximate surface area is 114 Å². The number of aliphatic hydroxyl groups is 1. The molecule has 1 rings (SSSR count). The average molecular weight is 268 g/mol. The van der Waals surface area contributed by atoms with Crippen LogP contribution < -0.4 is 5.32 Å². The predicted molar refractivity (Wildman–Crippen MR) is 77.9 cm³/mol. The molecule has 0 fully saturated rings. The summed E-state index contributed by atoms with van der Waals surface area (Å²) in [5.74, 6) is 0. The molecule has 1 aromatic heterocycles. The average Bonchev–Trinajstić information content (AvgIpc) is 2.28. The molecular formula is C14H24N2OS. The summed E-state index contributed by atoms with van der Waals surface area (Å²) >= 11 is 1.75. The monoisotopic (exact) mass is 268 g/mol. The Morgan fingerprint density at radius 2 is 2.11 bits per heavy atom. The van der Waals surface area contributed by atoms with Crippen molar-refractivity contribution in [1.82, 2.24) is 10.3 Å². The van der Waals surface area contributed by atoms with Gasteiger partial charge in [0.15, 0.2) is 0 Å². The highest BCUT2D eigenvalue weighted by atomic mass is 32.2. The second-order valence-corrected chi connectivity index (χ2v) is 6.78. The fourth-order valence-electron chi connectivity index (χ4n) is 2.17. The summed E-state index contributed by atoms with van der Waals surface area (Å²) in [6.07, 6.45) is 2.72. The van der Waals surface area contributed by atoms with Crippen LogP contribution in [0.1, 0.15) is 34.1 Å². The quantitative estimate of drug-likeness (QED) is 0.746. The van der Waals surface area contributed by atoms with Crippen molar-refractivity contribution in [2.24, 2.45) is 0 Å². The topological polar surface area (TPSA) is 45.1 Å². The molecule has 0 radical (unpaired) electrons. The first-order chi connectivity index (χ1) is 8.45. The highest BCUT2D eigenvalue weighted by Gasteiger charge is 2.26. The van der Waals surface area contributed by atoms with E-state index < -0.39 is 0 Å². The van der Waals surface area contributed by atoms with Crippen LogP contribution in [0.4, 0.5) is 0 Å². The van der Waals surface area contributed by atoms with E-state index in [4.69, 9.17) is 0 Å². The summed E-state index contributed by atoms with van der Waals surface area (Å²) < 4.78 is 0. The van der Waals surface area contributed by atoms with Crippen LogP contribution in [0.3, 0.4) is 0 Å². The number of hydrogen-bond acceptors (Lipinski definition) is 4. The van der Waals surface area contributed by atoms with Crippen LogP contribution in [0.5, 0.6) is 0 Å². The molecule has 102 valence electrons. The Hall–Kier alpha value is -0.580. The van der Waals surface area contributed by atoms with Crippen LogP contribution >= 0.6 is 11.8 Å². The number of nitrogens with one attached hydrogen (secondary N) is 1. The maximum absolute atomic E-state index is 9.56. The summed E-state index contributed by atoms with van der Waals surface area (Å²) in [6, 6.07) is 6.31. The van der Waals surface area contributed by atoms with Crippen molar-refractivity contribution in [2.45, 2.75) is 56.0 Å². The normalized spacial score (nSPS) is 16.6. The zero-order chi connectivity index (χ0) is 13.6. The number of aliphatic hydroxyl groups excluding tert-OH is 1. The van der Waals surface area contributed by atoms with Gasteiger partial charge in [0.05, 0.1) is 11.6 Å². The van der Waals surface area contributed by atoms with E-state index in [9.17, 15) is 5.11 Å². The number of hydrogen-bond donors (Lipinski definition) is 2. The summed E-state index contributed by atoms with van der Waals surface area (Å²) in [5.41, 5.74) is -0.227. The maximum atomic E-state index is 9.56. The van der Waals surface area contributed by atoms with Crippen LogP contribution in [-0.4, -0.2) is 33.5 Å². The van der Waals surface area contributed by atoms with Gasteiger partial charge in [0.1, 0.15) is 0 Å². The summed E-state index contributed by atoms with van der Waals surface area (Å²) in [7, 11) is 0. The molecule has 0 aliphatic rings. The van der Waals surface area contributed by atoms with E-state index in [1.54, 1.807) is 11.8 Å². The molecule has 2 N–H and O–H groups in total. The Morgan fingerprint density at radius 3 is 2.61 bits per heavy atom. The van der Waals surface area contributed by atoms with E-state index in [-0.39, 0.29) is 12.1 Å². The van der Waals surface area contributed by atoms with Crippen molar-refractivity contribution in [3.63, 3.8) is 0 Å². The van der Waals surface area contributed by atoms with E-state index in [1.165, 1.54) is 0 Å². The lowest BCUT2D eigenvalue weighted by Crippen LogP contribution is -2.50. The van der Waals surface area contributed by atoms with Crippen LogP contribution in [0.2, 0.25) is 0 Å². The molecule has 1 aromatic rings. The van der Waals surface area contributed by atoms with Crippen molar-refractivity contribution in [3.8, 4) is 0 Å². The van der Waals surface area contributed by atoms with Crippen LogP contribution in [0, 0.1) is 0 Å². The number of aromatic nitrogens is 1. The molecular weight excluding hydrogens is 244 g/mol. The SMILES string of the molecule is CC(C)NC(C)(CO)CC(C)Sc1ccccn1. The molecule has 0 aliphatic carbocycles. The van der Waals surface area contributed by atoms with Gasteiger partial charge in [-0.05, 0) is 25.5 Å². The molecule has 0 amide bonds. The lowest BCUT2D eigenvalue weighted by atomic mass is 9.96. The zero-order valence-corrected chi connectivity index (χ0v) is 12.5. The Morgan fingerprint density at radius 1 is 1.39 bits per heavy atom. The highest BCUT2D eigenvalue weighted by molar-refractivity contribution is 7.99. The molecule has 4 heteroatoms. The minimum absolute atomic E-state index is 0.151. The minimum atomic E-state index is -0.227. The van der Waals surface area contributed by atoms with Crippen LogP contribution in [0.15, 0.2) is 29.4 Å². The molecule has 2 unspecified atom stereocenters. The van der Waals surface area contributed by atoms with Crippen molar-refractivity contribution < 1.29 is 5.11 Å². The van der Waals surface area contributed by atoms with Gasteiger partial charge in [0, 0.05) is 23.0 Å². The third-order valence-corrected chi connectivity index (χ3v) is 3.74. The van der Waals surface area contributed by atoms with Gasteiger partial charge in [-0.25, -0.2) is 4.98 Å². The van der Waals surface area contributed by atoms with Crippen molar-refractivity contribution in [3.05, 3.63) is 24.4 Å². The van der Waals surface area contributed by atoms with Gasteiger partial charge >= 0.3 is 0 Å². The summed E-state index contributed by atoms with van der Waals surface area (Å²) in [4.78, 5) is 4.32. The lowest BCUT2D eigenvalue weighted by Gasteiger charge is -2.33. The largest absolute Gasteiger partial charge is 0.394 e. The van der Waals surface area contributed by atoms with Gasteiger partial charge in [-0.1, -0.05) is 26.8 Å². The standard InChI is InChI=1S/C14H24N2OS/c1-11(2)16-14(4,10-17)9-12(3)18-13-7-5-6-8-15-13/h5-8,11-12,16-17H,9-10H2,1-4H3. The van der Waals surface area contributed by atoms with Crippen molar-refractivity contribution >= 4 is 11.8 Å². The molecule has 0 saturated carbocycles. The Bertz CT molecular complexity index is 345. The summed E-state index contributed by atoms with van der Waals surface area (Å²) in [6.45, 7) is 8.60. The van der Waals surface area contributed by atoms with E-state index in [0.717, 1.165) is 11.4 Å². The molecule has 0 saturated heterocycles. The number of rotatable bonds is 7. The van der Waals surface area contributed by atoms with Gasteiger partial charge < -0.3 is 10.4 Å².